The molecule has 3 rings (SSSR count). The number of guanidine groups is 1. The first-order valence-electron chi connectivity index (χ1n) is 8.78. The van der Waals surface area contributed by atoms with Gasteiger partial charge >= 0.3 is 0 Å². The average molecular weight is 355 g/mol. The fourth-order valence-electron chi connectivity index (χ4n) is 2.99. The second-order valence-corrected chi connectivity index (χ2v) is 7.41. The zero-order valence-corrected chi connectivity index (χ0v) is 15.7. The number of nitrogens with zero attached hydrogens (tertiary/aromatic N) is 1. The van der Waals surface area contributed by atoms with Crippen LogP contribution >= 0.6 is 11.3 Å². The van der Waals surface area contributed by atoms with Gasteiger partial charge in [0.05, 0.1) is 0 Å². The van der Waals surface area contributed by atoms with E-state index in [1.165, 1.54) is 21.3 Å². The lowest BCUT2D eigenvalue weighted by molar-refractivity contribution is 0.562. The molecule has 0 radical (unpaired) electrons. The van der Waals surface area contributed by atoms with Crippen molar-refractivity contribution in [2.45, 2.75) is 19.8 Å². The summed E-state index contributed by atoms with van der Waals surface area (Å²) in [6.45, 7) is 4.05. The molecule has 0 fully saturated rings. The summed E-state index contributed by atoms with van der Waals surface area (Å²) in [5.41, 5.74) is 2.53. The summed E-state index contributed by atoms with van der Waals surface area (Å²) in [5, 5.41) is 10.3. The van der Waals surface area contributed by atoms with Gasteiger partial charge in [-0.3, -0.25) is 4.99 Å². The molecule has 0 aliphatic carbocycles. The number of para-hydroxylation sites is 1. The molecule has 3 N–H and O–H groups in total. The Morgan fingerprint density at radius 3 is 2.88 bits per heavy atom. The number of aliphatic imine (C=N–C) groups is 1. The molecule has 132 valence electrons. The van der Waals surface area contributed by atoms with Gasteiger partial charge in [-0.05, 0) is 41.8 Å². The Labute approximate surface area is 153 Å². The van der Waals surface area contributed by atoms with E-state index in [2.05, 4.69) is 75.5 Å². The minimum absolute atomic E-state index is 0.575. The zero-order chi connectivity index (χ0) is 17.5. The van der Waals surface area contributed by atoms with Crippen LogP contribution in [0.4, 0.5) is 0 Å². The summed E-state index contributed by atoms with van der Waals surface area (Å²) in [6.07, 6.45) is 4.18. The Kier molecular flexibility index (Phi) is 6.12. The largest absolute Gasteiger partial charge is 0.361 e. The Hall–Kier alpha value is -2.27. The number of benzene rings is 1. The summed E-state index contributed by atoms with van der Waals surface area (Å²) >= 11 is 1.83. The van der Waals surface area contributed by atoms with Gasteiger partial charge in [0.15, 0.2) is 5.96 Å². The summed E-state index contributed by atoms with van der Waals surface area (Å²) in [7, 11) is 1.82. The highest BCUT2D eigenvalue weighted by atomic mass is 32.1. The maximum Gasteiger partial charge on any atom is 0.190 e. The molecule has 2 aromatic heterocycles. The van der Waals surface area contributed by atoms with Crippen LogP contribution in [0.15, 0.2) is 53.0 Å². The summed E-state index contributed by atoms with van der Waals surface area (Å²) in [6, 6.07) is 12.7. The Balaban J connectivity index is 1.43. The van der Waals surface area contributed by atoms with Crippen LogP contribution < -0.4 is 10.6 Å². The maximum atomic E-state index is 4.33. The number of H-pyrrole nitrogens is 1. The lowest BCUT2D eigenvalue weighted by atomic mass is 10.1. The summed E-state index contributed by atoms with van der Waals surface area (Å²) in [4.78, 5) is 9.10. The number of aromatic nitrogens is 1. The molecule has 1 unspecified atom stereocenters. The Bertz CT molecular complexity index is 804. The second-order valence-electron chi connectivity index (χ2n) is 6.38. The number of rotatable bonds is 7. The van der Waals surface area contributed by atoms with E-state index in [1.807, 2.05) is 18.4 Å². The van der Waals surface area contributed by atoms with Gasteiger partial charge in [-0.25, -0.2) is 0 Å². The minimum Gasteiger partial charge on any atom is -0.361 e. The molecule has 0 amide bonds. The first kappa shape index (κ1) is 17.5. The van der Waals surface area contributed by atoms with E-state index in [1.54, 1.807) is 0 Å². The van der Waals surface area contributed by atoms with Crippen molar-refractivity contribution in [3.05, 3.63) is 58.4 Å². The van der Waals surface area contributed by atoms with E-state index >= 15 is 0 Å². The smallest absolute Gasteiger partial charge is 0.190 e. The zero-order valence-electron chi connectivity index (χ0n) is 14.9. The highest BCUT2D eigenvalue weighted by molar-refractivity contribution is 7.09. The molecule has 2 heterocycles. The van der Waals surface area contributed by atoms with Gasteiger partial charge in [0.1, 0.15) is 0 Å². The molecular weight excluding hydrogens is 328 g/mol. The van der Waals surface area contributed by atoms with Crippen molar-refractivity contribution in [2.75, 3.05) is 20.1 Å². The minimum atomic E-state index is 0.575. The van der Waals surface area contributed by atoms with Gasteiger partial charge in [-0.2, -0.15) is 0 Å². The van der Waals surface area contributed by atoms with E-state index in [4.69, 9.17) is 0 Å². The summed E-state index contributed by atoms with van der Waals surface area (Å²) < 4.78 is 0. The molecule has 0 aliphatic heterocycles. The number of hydrogen-bond donors (Lipinski definition) is 3. The predicted octanol–water partition coefficient (Wildman–Crippen LogP) is 3.82. The van der Waals surface area contributed by atoms with Crippen LogP contribution in [0.5, 0.6) is 0 Å². The molecule has 1 aromatic carbocycles. The van der Waals surface area contributed by atoms with Gasteiger partial charge in [0.2, 0.25) is 0 Å². The number of thiophene rings is 1. The Morgan fingerprint density at radius 2 is 2.08 bits per heavy atom. The van der Waals surface area contributed by atoms with Crippen molar-refractivity contribution in [2.24, 2.45) is 10.9 Å². The highest BCUT2D eigenvalue weighted by Crippen LogP contribution is 2.17. The Morgan fingerprint density at radius 1 is 1.20 bits per heavy atom. The number of fused-ring (bicyclic) bond motifs is 1. The molecule has 0 saturated heterocycles. The van der Waals surface area contributed by atoms with Gasteiger partial charge in [-0.15, -0.1) is 11.3 Å². The van der Waals surface area contributed by atoms with Gasteiger partial charge in [-0.1, -0.05) is 31.2 Å². The SMILES string of the molecule is CN=C(NCCc1c[nH]c2ccccc12)NCC(C)Cc1cccs1. The van der Waals surface area contributed by atoms with E-state index in [0.717, 1.165) is 31.9 Å². The monoisotopic (exact) mass is 354 g/mol. The van der Waals surface area contributed by atoms with Crippen molar-refractivity contribution in [3.8, 4) is 0 Å². The first-order chi connectivity index (χ1) is 12.3. The number of nitrogens with one attached hydrogen (secondary N) is 3. The third-order valence-corrected chi connectivity index (χ3v) is 5.23. The molecule has 0 spiro atoms. The summed E-state index contributed by atoms with van der Waals surface area (Å²) in [5.74, 6) is 1.45. The van der Waals surface area contributed by atoms with Crippen LogP contribution in [0.1, 0.15) is 17.4 Å². The fraction of sp³-hybridized carbons (Fsp3) is 0.350. The number of hydrogen-bond acceptors (Lipinski definition) is 2. The molecule has 5 heteroatoms. The predicted molar refractivity (Wildman–Crippen MR) is 109 cm³/mol. The molecule has 3 aromatic rings. The van der Waals surface area contributed by atoms with E-state index in [-0.39, 0.29) is 0 Å². The van der Waals surface area contributed by atoms with Gasteiger partial charge in [0, 0.05) is 42.1 Å². The van der Waals surface area contributed by atoms with Crippen LogP contribution in [0, 0.1) is 5.92 Å². The third-order valence-electron chi connectivity index (χ3n) is 4.33. The van der Waals surface area contributed by atoms with Crippen LogP contribution in [-0.2, 0) is 12.8 Å². The van der Waals surface area contributed by atoms with Gasteiger partial charge < -0.3 is 15.6 Å². The highest BCUT2D eigenvalue weighted by Gasteiger charge is 2.07. The van der Waals surface area contributed by atoms with Gasteiger partial charge in [0.25, 0.3) is 0 Å². The molecule has 0 saturated carbocycles. The quantitative estimate of drug-likeness (QED) is 0.446. The first-order valence-corrected chi connectivity index (χ1v) is 9.66. The van der Waals surface area contributed by atoms with Crippen molar-refractivity contribution in [1.29, 1.82) is 0 Å². The van der Waals surface area contributed by atoms with Crippen LogP contribution in [0.2, 0.25) is 0 Å². The number of aromatic amines is 1. The van der Waals surface area contributed by atoms with E-state index in [9.17, 15) is 0 Å². The van der Waals surface area contributed by atoms with Crippen molar-refractivity contribution >= 4 is 28.2 Å². The molecule has 1 atom stereocenters. The van der Waals surface area contributed by atoms with Crippen LogP contribution in [-0.4, -0.2) is 31.1 Å². The van der Waals surface area contributed by atoms with Crippen molar-refractivity contribution < 1.29 is 0 Å². The van der Waals surface area contributed by atoms with Crippen LogP contribution in [0.3, 0.4) is 0 Å². The van der Waals surface area contributed by atoms with E-state index in [0.29, 0.717) is 5.92 Å². The second kappa shape index (κ2) is 8.72. The molecule has 25 heavy (non-hydrogen) atoms. The van der Waals surface area contributed by atoms with Crippen molar-refractivity contribution in [1.82, 2.24) is 15.6 Å². The topological polar surface area (TPSA) is 52.2 Å². The third kappa shape index (κ3) is 4.86. The standard InChI is InChI=1S/C20H26N4S/c1-15(12-17-6-5-11-25-17)13-24-20(21-2)22-10-9-16-14-23-19-8-4-3-7-18(16)19/h3-8,11,14-15,23H,9-10,12-13H2,1-2H3,(H2,21,22,24). The fourth-order valence-corrected chi connectivity index (χ4v) is 3.86. The average Bonchev–Trinajstić information content (AvgIpc) is 3.28. The van der Waals surface area contributed by atoms with Crippen molar-refractivity contribution in [3.63, 3.8) is 0 Å². The van der Waals surface area contributed by atoms with E-state index < -0.39 is 0 Å². The maximum absolute atomic E-state index is 4.33. The normalized spacial score (nSPS) is 13.1. The lowest BCUT2D eigenvalue weighted by Crippen LogP contribution is -2.40. The molecule has 4 nitrogen and oxygen atoms in total. The molecule has 0 bridgehead atoms. The lowest BCUT2D eigenvalue weighted by Gasteiger charge is -2.15. The van der Waals surface area contributed by atoms with Crippen LogP contribution in [0.25, 0.3) is 10.9 Å². The molecular formula is C20H26N4S. The molecule has 0 aliphatic rings.